The molecule has 0 unspecified atom stereocenters. The van der Waals surface area contributed by atoms with Crippen LogP contribution in [-0.4, -0.2) is 29.3 Å². The lowest BCUT2D eigenvalue weighted by Gasteiger charge is -2.38. The Morgan fingerprint density at radius 3 is 2.57 bits per heavy atom. The van der Waals surface area contributed by atoms with Crippen molar-refractivity contribution in [2.24, 2.45) is 0 Å². The van der Waals surface area contributed by atoms with E-state index < -0.39 is 0 Å². The third kappa shape index (κ3) is 3.29. The van der Waals surface area contributed by atoms with Gasteiger partial charge in [0, 0.05) is 18.9 Å². The first-order valence-electron chi connectivity index (χ1n) is 8.12. The molecule has 1 aromatic heterocycles. The Morgan fingerprint density at radius 1 is 1.26 bits per heavy atom. The van der Waals surface area contributed by atoms with Crippen LogP contribution in [0.15, 0.2) is 36.4 Å². The second-order valence-corrected chi connectivity index (χ2v) is 6.38. The Morgan fingerprint density at radius 2 is 1.96 bits per heavy atom. The van der Waals surface area contributed by atoms with Crippen molar-refractivity contribution in [3.8, 4) is 0 Å². The minimum Gasteiger partial charge on any atom is -0.381 e. The molecule has 0 aliphatic carbocycles. The van der Waals surface area contributed by atoms with Gasteiger partial charge in [-0.2, -0.15) is 5.10 Å². The highest BCUT2D eigenvalue weighted by Gasteiger charge is 2.36. The molecule has 1 saturated heterocycles. The van der Waals surface area contributed by atoms with Crippen molar-refractivity contribution < 1.29 is 9.53 Å². The number of benzene rings is 1. The molecule has 0 saturated carbocycles. The summed E-state index contributed by atoms with van der Waals surface area (Å²) in [5.74, 6) is 0.175. The van der Waals surface area contributed by atoms with Crippen LogP contribution in [0.25, 0.3) is 0 Å². The van der Waals surface area contributed by atoms with Crippen LogP contribution in [0, 0.1) is 0 Å². The zero-order valence-electron chi connectivity index (χ0n) is 13.6. The maximum atomic E-state index is 12.7. The summed E-state index contributed by atoms with van der Waals surface area (Å²) in [6, 6.07) is 12.0. The van der Waals surface area contributed by atoms with Gasteiger partial charge in [-0.25, -0.2) is 0 Å². The maximum Gasteiger partial charge on any atom is 0.272 e. The Hall–Kier alpha value is -2.14. The monoisotopic (exact) mass is 313 g/mol. The molecule has 0 radical (unpaired) electrons. The van der Waals surface area contributed by atoms with E-state index in [2.05, 4.69) is 41.5 Å². The highest BCUT2D eigenvalue weighted by molar-refractivity contribution is 5.93. The second-order valence-electron chi connectivity index (χ2n) is 6.38. The first-order chi connectivity index (χ1) is 11.1. The number of aromatic amines is 1. The Balaban J connectivity index is 1.85. The normalized spacial score (nSPS) is 17.2. The second kappa shape index (κ2) is 6.54. The van der Waals surface area contributed by atoms with Gasteiger partial charge in [-0.05, 0) is 30.4 Å². The molecule has 1 aromatic carbocycles. The third-order valence-electron chi connectivity index (χ3n) is 4.48. The summed E-state index contributed by atoms with van der Waals surface area (Å²) in [5, 5.41) is 10.3. The first kappa shape index (κ1) is 15.7. The zero-order chi connectivity index (χ0) is 16.3. The molecule has 1 amide bonds. The first-order valence-corrected chi connectivity index (χ1v) is 8.12. The Kier molecular flexibility index (Phi) is 4.48. The fourth-order valence-electron chi connectivity index (χ4n) is 2.99. The molecule has 122 valence electrons. The molecule has 5 nitrogen and oxygen atoms in total. The van der Waals surface area contributed by atoms with E-state index in [1.807, 2.05) is 24.3 Å². The highest BCUT2D eigenvalue weighted by atomic mass is 16.5. The summed E-state index contributed by atoms with van der Waals surface area (Å²) in [6.45, 7) is 5.43. The van der Waals surface area contributed by atoms with Gasteiger partial charge in [-0.15, -0.1) is 0 Å². The predicted octanol–water partition coefficient (Wildman–Crippen LogP) is 2.97. The molecule has 5 heteroatoms. The van der Waals surface area contributed by atoms with Crippen LogP contribution in [0.5, 0.6) is 0 Å². The number of nitrogens with zero attached hydrogens (tertiary/aromatic N) is 1. The van der Waals surface area contributed by atoms with Crippen LogP contribution in [0.1, 0.15) is 54.4 Å². The van der Waals surface area contributed by atoms with Crippen LogP contribution in [0.4, 0.5) is 0 Å². The summed E-state index contributed by atoms with van der Waals surface area (Å²) in [4.78, 5) is 12.7. The number of aromatic nitrogens is 2. The van der Waals surface area contributed by atoms with Gasteiger partial charge in [0.05, 0.1) is 5.54 Å². The van der Waals surface area contributed by atoms with Gasteiger partial charge in [0.25, 0.3) is 5.91 Å². The third-order valence-corrected chi connectivity index (χ3v) is 4.48. The average Bonchev–Trinajstić information content (AvgIpc) is 3.07. The van der Waals surface area contributed by atoms with Gasteiger partial charge in [0.1, 0.15) is 5.69 Å². The molecule has 23 heavy (non-hydrogen) atoms. The lowest BCUT2D eigenvalue weighted by Crippen LogP contribution is -2.49. The van der Waals surface area contributed by atoms with E-state index in [1.54, 1.807) is 0 Å². The molecule has 1 aliphatic heterocycles. The van der Waals surface area contributed by atoms with Gasteiger partial charge in [-0.1, -0.05) is 44.2 Å². The van der Waals surface area contributed by atoms with Crippen molar-refractivity contribution in [2.45, 2.75) is 38.1 Å². The van der Waals surface area contributed by atoms with Crippen LogP contribution < -0.4 is 5.32 Å². The summed E-state index contributed by atoms with van der Waals surface area (Å²) in [7, 11) is 0. The van der Waals surface area contributed by atoms with E-state index in [0.29, 0.717) is 24.8 Å². The molecule has 0 bridgehead atoms. The van der Waals surface area contributed by atoms with Gasteiger partial charge < -0.3 is 10.1 Å². The quantitative estimate of drug-likeness (QED) is 0.912. The van der Waals surface area contributed by atoms with E-state index in [4.69, 9.17) is 4.74 Å². The Bertz CT molecular complexity index is 658. The minimum atomic E-state index is -0.381. The van der Waals surface area contributed by atoms with Crippen LogP contribution in [0.2, 0.25) is 0 Å². The lowest BCUT2D eigenvalue weighted by molar-refractivity contribution is 0.0344. The number of carbonyl (C=O) groups is 1. The molecular weight excluding hydrogens is 290 g/mol. The van der Waals surface area contributed by atoms with Crippen LogP contribution >= 0.6 is 0 Å². The van der Waals surface area contributed by atoms with Gasteiger partial charge in [0.15, 0.2) is 0 Å². The average molecular weight is 313 g/mol. The summed E-state index contributed by atoms with van der Waals surface area (Å²) in [5.41, 5.74) is 2.15. The molecule has 2 N–H and O–H groups in total. The van der Waals surface area contributed by atoms with E-state index in [9.17, 15) is 4.79 Å². The van der Waals surface area contributed by atoms with Crippen LogP contribution in [-0.2, 0) is 10.3 Å². The molecule has 0 atom stereocenters. The smallest absolute Gasteiger partial charge is 0.272 e. The molecule has 2 heterocycles. The minimum absolute atomic E-state index is 0.140. The van der Waals surface area contributed by atoms with Gasteiger partial charge >= 0.3 is 0 Å². The molecule has 1 aliphatic rings. The number of carbonyl (C=O) groups excluding carboxylic acids is 1. The van der Waals surface area contributed by atoms with E-state index in [0.717, 1.165) is 24.1 Å². The molecule has 1 fully saturated rings. The standard InChI is InChI=1S/C18H23N3O2/c1-13(2)15-12-16(21-20-15)17(22)19-18(8-10-23-11-9-18)14-6-4-3-5-7-14/h3-7,12-13H,8-11H2,1-2H3,(H,19,22)(H,20,21). The summed E-state index contributed by atoms with van der Waals surface area (Å²) >= 11 is 0. The molecule has 3 rings (SSSR count). The van der Waals surface area contributed by atoms with E-state index in [-0.39, 0.29) is 11.4 Å². The predicted molar refractivity (Wildman–Crippen MR) is 88.3 cm³/mol. The van der Waals surface area contributed by atoms with Crippen molar-refractivity contribution in [3.63, 3.8) is 0 Å². The van der Waals surface area contributed by atoms with E-state index >= 15 is 0 Å². The van der Waals surface area contributed by atoms with Crippen molar-refractivity contribution in [3.05, 3.63) is 53.3 Å². The number of H-pyrrole nitrogens is 1. The largest absolute Gasteiger partial charge is 0.381 e. The SMILES string of the molecule is CC(C)c1cc(C(=O)NC2(c3ccccc3)CCOCC2)n[nH]1. The Labute approximate surface area is 136 Å². The number of rotatable bonds is 4. The van der Waals surface area contributed by atoms with E-state index in [1.165, 1.54) is 0 Å². The highest BCUT2D eigenvalue weighted by Crippen LogP contribution is 2.32. The fourth-order valence-corrected chi connectivity index (χ4v) is 2.99. The molecule has 0 spiro atoms. The van der Waals surface area contributed by atoms with Gasteiger partial charge in [0.2, 0.25) is 0 Å². The zero-order valence-corrected chi connectivity index (χ0v) is 13.6. The van der Waals surface area contributed by atoms with Crippen molar-refractivity contribution in [1.29, 1.82) is 0 Å². The topological polar surface area (TPSA) is 67.0 Å². The van der Waals surface area contributed by atoms with Crippen LogP contribution in [0.3, 0.4) is 0 Å². The molecule has 2 aromatic rings. The van der Waals surface area contributed by atoms with Crippen molar-refractivity contribution >= 4 is 5.91 Å². The number of hydrogen-bond donors (Lipinski definition) is 2. The van der Waals surface area contributed by atoms with Crippen molar-refractivity contribution in [1.82, 2.24) is 15.5 Å². The number of ether oxygens (including phenoxy) is 1. The molecular formula is C18H23N3O2. The van der Waals surface area contributed by atoms with Gasteiger partial charge in [-0.3, -0.25) is 9.89 Å². The fraction of sp³-hybridized carbons (Fsp3) is 0.444. The summed E-state index contributed by atoms with van der Waals surface area (Å²) in [6.07, 6.45) is 1.54. The maximum absolute atomic E-state index is 12.7. The number of amides is 1. The summed E-state index contributed by atoms with van der Waals surface area (Å²) < 4.78 is 5.50. The lowest BCUT2D eigenvalue weighted by atomic mass is 9.82. The van der Waals surface area contributed by atoms with Crippen molar-refractivity contribution in [2.75, 3.05) is 13.2 Å². The number of hydrogen-bond acceptors (Lipinski definition) is 3. The number of nitrogens with one attached hydrogen (secondary N) is 2.